The summed E-state index contributed by atoms with van der Waals surface area (Å²) in [5.74, 6) is -1.98. The van der Waals surface area contributed by atoms with Gasteiger partial charge in [-0.25, -0.2) is 17.5 Å². The molecule has 2 N–H and O–H groups in total. The number of anilines is 1. The minimum absolute atomic E-state index is 0.0825. The number of rotatable bonds is 8. The lowest BCUT2D eigenvalue weighted by Gasteiger charge is -2.31. The Bertz CT molecular complexity index is 1200. The van der Waals surface area contributed by atoms with E-state index in [0.717, 1.165) is 15.6 Å². The zero-order chi connectivity index (χ0) is 22.6. The maximum atomic E-state index is 13.5. The number of nitrogens with zero attached hydrogens (tertiary/aromatic N) is 2. The summed E-state index contributed by atoms with van der Waals surface area (Å²) in [6.07, 6.45) is 1.48. The minimum atomic E-state index is -4.29. The number of aryl methyl sites for hydroxylation is 1. The van der Waals surface area contributed by atoms with E-state index >= 15 is 0 Å². The Kier molecular flexibility index (Phi) is 6.94. The van der Waals surface area contributed by atoms with Gasteiger partial charge in [0.25, 0.3) is 15.9 Å². The van der Waals surface area contributed by atoms with Crippen molar-refractivity contribution in [1.82, 2.24) is 10.3 Å². The zero-order valence-corrected chi connectivity index (χ0v) is 18.6. The van der Waals surface area contributed by atoms with E-state index in [4.69, 9.17) is 11.6 Å². The molecule has 0 saturated carbocycles. The molecule has 3 aromatic rings. The van der Waals surface area contributed by atoms with E-state index in [9.17, 15) is 23.1 Å². The molecule has 0 bridgehead atoms. The lowest BCUT2D eigenvalue weighted by molar-refractivity contribution is -0.138. The maximum Gasteiger partial charge on any atom is 0.329 e. The van der Waals surface area contributed by atoms with E-state index in [-0.39, 0.29) is 15.5 Å². The van der Waals surface area contributed by atoms with Crippen molar-refractivity contribution in [3.05, 3.63) is 75.7 Å². The van der Waals surface area contributed by atoms with Gasteiger partial charge in [-0.1, -0.05) is 29.8 Å². The number of aromatic nitrogens is 1. The van der Waals surface area contributed by atoms with E-state index < -0.39 is 34.5 Å². The SMILES string of the molecule is Cc1ncccc1N(C(CNC(=O)c1ccc(Cl)s1)C(=O)O)S(=O)(=O)c1ccccc1. The Balaban J connectivity index is 2.02. The van der Waals surface area contributed by atoms with Crippen molar-refractivity contribution < 1.29 is 23.1 Å². The van der Waals surface area contributed by atoms with Gasteiger partial charge in [0.15, 0.2) is 6.04 Å². The molecule has 0 saturated heterocycles. The van der Waals surface area contributed by atoms with E-state index in [1.54, 1.807) is 31.2 Å². The summed E-state index contributed by atoms with van der Waals surface area (Å²) in [6, 6.07) is 11.9. The Morgan fingerprint density at radius 1 is 1.16 bits per heavy atom. The molecule has 1 unspecified atom stereocenters. The highest BCUT2D eigenvalue weighted by Gasteiger charge is 2.37. The van der Waals surface area contributed by atoms with Crippen molar-refractivity contribution in [2.24, 2.45) is 0 Å². The lowest BCUT2D eigenvalue weighted by Crippen LogP contribution is -2.51. The molecule has 1 aromatic carbocycles. The third-order valence-corrected chi connectivity index (χ3v) is 7.40. The van der Waals surface area contributed by atoms with Crippen LogP contribution in [0.2, 0.25) is 4.34 Å². The molecular weight excluding hydrogens is 462 g/mol. The topological polar surface area (TPSA) is 117 Å². The summed E-state index contributed by atoms with van der Waals surface area (Å²) in [5, 5.41) is 12.4. The van der Waals surface area contributed by atoms with Crippen LogP contribution in [0.3, 0.4) is 0 Å². The quantitative estimate of drug-likeness (QED) is 0.512. The first-order valence-electron chi connectivity index (χ1n) is 8.99. The normalized spacial score (nSPS) is 12.2. The summed E-state index contributed by atoms with van der Waals surface area (Å²) in [5.41, 5.74) is 0.428. The number of nitrogens with one attached hydrogen (secondary N) is 1. The highest BCUT2D eigenvalue weighted by atomic mass is 35.5. The van der Waals surface area contributed by atoms with Crippen LogP contribution in [0.4, 0.5) is 5.69 Å². The van der Waals surface area contributed by atoms with E-state index in [1.165, 1.54) is 36.5 Å². The molecule has 0 radical (unpaired) electrons. The Labute approximate surface area is 188 Å². The number of halogens is 1. The number of carbonyl (C=O) groups excluding carboxylic acids is 1. The maximum absolute atomic E-state index is 13.5. The van der Waals surface area contributed by atoms with Crippen molar-refractivity contribution in [3.8, 4) is 0 Å². The van der Waals surface area contributed by atoms with Gasteiger partial charge in [0.2, 0.25) is 0 Å². The largest absolute Gasteiger partial charge is 0.480 e. The molecule has 3 rings (SSSR count). The Hall–Kier alpha value is -2.95. The molecule has 2 aromatic heterocycles. The molecule has 0 aliphatic heterocycles. The molecule has 2 heterocycles. The monoisotopic (exact) mass is 479 g/mol. The third kappa shape index (κ3) is 5.04. The van der Waals surface area contributed by atoms with Gasteiger partial charge in [-0.15, -0.1) is 11.3 Å². The van der Waals surface area contributed by atoms with E-state index in [1.807, 2.05) is 0 Å². The van der Waals surface area contributed by atoms with Gasteiger partial charge >= 0.3 is 5.97 Å². The van der Waals surface area contributed by atoms with Crippen LogP contribution in [-0.4, -0.2) is 43.0 Å². The van der Waals surface area contributed by atoms with Gasteiger partial charge in [0.1, 0.15) is 0 Å². The molecule has 0 aliphatic rings. The zero-order valence-electron chi connectivity index (χ0n) is 16.2. The molecule has 162 valence electrons. The van der Waals surface area contributed by atoms with Gasteiger partial charge in [-0.3, -0.25) is 9.78 Å². The number of hydrogen-bond donors (Lipinski definition) is 2. The fourth-order valence-electron chi connectivity index (χ4n) is 2.86. The highest BCUT2D eigenvalue weighted by Crippen LogP contribution is 2.28. The van der Waals surface area contributed by atoms with Gasteiger partial charge < -0.3 is 10.4 Å². The molecular formula is C20H18ClN3O5S2. The first-order chi connectivity index (χ1) is 14.7. The fourth-order valence-corrected chi connectivity index (χ4v) is 5.50. The average Bonchev–Trinajstić information content (AvgIpc) is 3.18. The van der Waals surface area contributed by atoms with Crippen LogP contribution in [0.5, 0.6) is 0 Å². The van der Waals surface area contributed by atoms with Crippen molar-refractivity contribution in [3.63, 3.8) is 0 Å². The van der Waals surface area contributed by atoms with E-state index in [0.29, 0.717) is 10.0 Å². The molecule has 0 aliphatic carbocycles. The molecule has 1 atom stereocenters. The van der Waals surface area contributed by atoms with Crippen LogP contribution in [0, 0.1) is 6.92 Å². The van der Waals surface area contributed by atoms with Crippen molar-refractivity contribution >= 4 is 50.5 Å². The molecule has 0 fully saturated rings. The van der Waals surface area contributed by atoms with Crippen LogP contribution >= 0.6 is 22.9 Å². The van der Waals surface area contributed by atoms with E-state index in [2.05, 4.69) is 10.3 Å². The number of carbonyl (C=O) groups is 2. The summed E-state index contributed by atoms with van der Waals surface area (Å²) < 4.78 is 28.1. The standard InChI is InChI=1S/C20H18ClN3O5S2/c1-13-15(8-5-11-22-13)24(31(28,29)14-6-3-2-4-7-14)16(20(26)27)12-23-19(25)17-9-10-18(21)30-17/h2-11,16H,12H2,1H3,(H,23,25)(H,26,27). The summed E-state index contributed by atoms with van der Waals surface area (Å²) >= 11 is 6.87. The first kappa shape index (κ1) is 22.7. The summed E-state index contributed by atoms with van der Waals surface area (Å²) in [7, 11) is -4.29. The molecule has 0 spiro atoms. The second-order valence-corrected chi connectivity index (χ2v) is 9.92. The van der Waals surface area contributed by atoms with Gasteiger partial charge in [-0.05, 0) is 43.3 Å². The summed E-state index contributed by atoms with van der Waals surface area (Å²) in [4.78, 5) is 28.9. The smallest absolute Gasteiger partial charge is 0.329 e. The Morgan fingerprint density at radius 2 is 1.87 bits per heavy atom. The minimum Gasteiger partial charge on any atom is -0.480 e. The van der Waals surface area contributed by atoms with Crippen LogP contribution in [0.15, 0.2) is 65.7 Å². The second kappa shape index (κ2) is 9.46. The third-order valence-electron chi connectivity index (χ3n) is 4.34. The molecule has 11 heteroatoms. The molecule has 31 heavy (non-hydrogen) atoms. The van der Waals surface area contributed by atoms with Crippen LogP contribution in [-0.2, 0) is 14.8 Å². The predicted octanol–water partition coefficient (Wildman–Crippen LogP) is 3.18. The predicted molar refractivity (Wildman–Crippen MR) is 118 cm³/mol. The number of aliphatic carboxylic acids is 1. The van der Waals surface area contributed by atoms with Crippen molar-refractivity contribution in [1.29, 1.82) is 0 Å². The van der Waals surface area contributed by atoms with Gasteiger partial charge in [0.05, 0.1) is 32.0 Å². The number of thiophene rings is 1. The fraction of sp³-hybridized carbons (Fsp3) is 0.150. The van der Waals surface area contributed by atoms with Crippen molar-refractivity contribution in [2.45, 2.75) is 17.9 Å². The number of amides is 1. The van der Waals surface area contributed by atoms with Crippen LogP contribution in [0.25, 0.3) is 0 Å². The Morgan fingerprint density at radius 3 is 2.45 bits per heavy atom. The number of pyridine rings is 1. The highest BCUT2D eigenvalue weighted by molar-refractivity contribution is 7.93. The van der Waals surface area contributed by atoms with Gasteiger partial charge in [0, 0.05) is 6.20 Å². The number of sulfonamides is 1. The van der Waals surface area contributed by atoms with Gasteiger partial charge in [-0.2, -0.15) is 0 Å². The van der Waals surface area contributed by atoms with Crippen molar-refractivity contribution in [2.75, 3.05) is 10.8 Å². The van der Waals surface area contributed by atoms with Crippen LogP contribution < -0.4 is 9.62 Å². The molecule has 1 amide bonds. The average molecular weight is 480 g/mol. The second-order valence-electron chi connectivity index (χ2n) is 6.39. The lowest BCUT2D eigenvalue weighted by atomic mass is 10.2. The number of hydrogen-bond acceptors (Lipinski definition) is 6. The number of carboxylic acids is 1. The van der Waals surface area contributed by atoms with Crippen LogP contribution in [0.1, 0.15) is 15.4 Å². The number of carboxylic acid groups (broad SMARTS) is 1. The number of benzene rings is 1. The summed E-state index contributed by atoms with van der Waals surface area (Å²) in [6.45, 7) is 1.11. The molecule has 8 nitrogen and oxygen atoms in total. The first-order valence-corrected chi connectivity index (χ1v) is 11.6.